The van der Waals surface area contributed by atoms with Crippen molar-refractivity contribution < 1.29 is 19.4 Å². The van der Waals surface area contributed by atoms with Crippen LogP contribution in [0.1, 0.15) is 27.6 Å². The minimum absolute atomic E-state index is 0.266. The highest BCUT2D eigenvalue weighted by molar-refractivity contribution is 5.84. The molecule has 0 aliphatic rings. The zero-order valence-electron chi connectivity index (χ0n) is 8.56. The van der Waals surface area contributed by atoms with Crippen molar-refractivity contribution in [2.24, 2.45) is 0 Å². The highest BCUT2D eigenvalue weighted by atomic mass is 16.5. The van der Waals surface area contributed by atoms with E-state index in [1.165, 1.54) is 7.11 Å². The number of hydrogen-bond donors (Lipinski definition) is 1. The maximum absolute atomic E-state index is 11.1. The molecule has 0 heterocycles. The zero-order valence-corrected chi connectivity index (χ0v) is 8.56. The number of benzene rings is 1. The quantitative estimate of drug-likeness (QED) is 0.595. The van der Waals surface area contributed by atoms with Crippen LogP contribution >= 0.6 is 0 Å². The molecular formula is C11H12O4. The van der Waals surface area contributed by atoms with E-state index in [0.717, 1.165) is 5.56 Å². The first-order chi connectivity index (χ1) is 7.10. The van der Waals surface area contributed by atoms with Gasteiger partial charge in [0.2, 0.25) is 0 Å². The topological polar surface area (TPSA) is 63.6 Å². The Bertz CT molecular complexity index is 384. The number of ether oxygens (including phenoxy) is 1. The number of hydrogen-bond acceptors (Lipinski definition) is 4. The van der Waals surface area contributed by atoms with Gasteiger partial charge in [-0.1, -0.05) is 17.7 Å². The lowest BCUT2D eigenvalue weighted by molar-refractivity contribution is -0.150. The summed E-state index contributed by atoms with van der Waals surface area (Å²) in [5.74, 6) is -0.776. The van der Waals surface area contributed by atoms with Gasteiger partial charge in [0.25, 0.3) is 0 Å². The molecule has 1 aromatic rings. The minimum Gasteiger partial charge on any atom is -0.467 e. The molecule has 1 aromatic carbocycles. The van der Waals surface area contributed by atoms with Crippen molar-refractivity contribution in [3.8, 4) is 0 Å². The fourth-order valence-corrected chi connectivity index (χ4v) is 1.28. The van der Waals surface area contributed by atoms with E-state index >= 15 is 0 Å². The summed E-state index contributed by atoms with van der Waals surface area (Å²) < 4.78 is 4.39. The summed E-state index contributed by atoms with van der Waals surface area (Å²) >= 11 is 0. The molecule has 1 unspecified atom stereocenters. The molecule has 80 valence electrons. The van der Waals surface area contributed by atoms with E-state index in [2.05, 4.69) is 4.74 Å². The molecule has 0 aromatic heterocycles. The zero-order chi connectivity index (χ0) is 11.4. The number of aliphatic hydroxyl groups is 1. The lowest BCUT2D eigenvalue weighted by Crippen LogP contribution is -2.15. The molecule has 1 atom stereocenters. The van der Waals surface area contributed by atoms with Gasteiger partial charge in [-0.2, -0.15) is 0 Å². The van der Waals surface area contributed by atoms with Gasteiger partial charge in [-0.05, 0) is 13.0 Å². The molecule has 0 aliphatic carbocycles. The van der Waals surface area contributed by atoms with Gasteiger partial charge in [-0.25, -0.2) is 4.79 Å². The van der Waals surface area contributed by atoms with Crippen molar-refractivity contribution in [3.05, 3.63) is 34.9 Å². The summed E-state index contributed by atoms with van der Waals surface area (Å²) in [5.41, 5.74) is 1.45. The van der Waals surface area contributed by atoms with Gasteiger partial charge in [-0.3, -0.25) is 4.79 Å². The van der Waals surface area contributed by atoms with Crippen LogP contribution in [0.15, 0.2) is 18.2 Å². The Balaban J connectivity index is 3.13. The lowest BCUT2D eigenvalue weighted by atomic mass is 10.0. The van der Waals surface area contributed by atoms with Gasteiger partial charge in [0.05, 0.1) is 7.11 Å². The Hall–Kier alpha value is -1.68. The van der Waals surface area contributed by atoms with Crippen molar-refractivity contribution in [2.75, 3.05) is 7.11 Å². The Morgan fingerprint density at radius 3 is 2.73 bits per heavy atom. The predicted molar refractivity (Wildman–Crippen MR) is 53.5 cm³/mol. The van der Waals surface area contributed by atoms with E-state index in [4.69, 9.17) is 0 Å². The molecule has 0 saturated carbocycles. The van der Waals surface area contributed by atoms with E-state index < -0.39 is 12.1 Å². The van der Waals surface area contributed by atoms with Crippen molar-refractivity contribution in [1.29, 1.82) is 0 Å². The molecule has 0 fully saturated rings. The van der Waals surface area contributed by atoms with Crippen molar-refractivity contribution in [3.63, 3.8) is 0 Å². The summed E-state index contributed by atoms with van der Waals surface area (Å²) in [6, 6.07) is 4.86. The first-order valence-corrected chi connectivity index (χ1v) is 4.41. The van der Waals surface area contributed by atoms with E-state index in [0.29, 0.717) is 11.8 Å². The number of carbonyl (C=O) groups is 2. The third-order valence-corrected chi connectivity index (χ3v) is 2.09. The number of aliphatic hydroxyl groups excluding tert-OH is 1. The largest absolute Gasteiger partial charge is 0.467 e. The highest BCUT2D eigenvalue weighted by Gasteiger charge is 2.20. The monoisotopic (exact) mass is 208 g/mol. The Kier molecular flexibility index (Phi) is 3.57. The van der Waals surface area contributed by atoms with E-state index in [-0.39, 0.29) is 5.56 Å². The molecule has 15 heavy (non-hydrogen) atoms. The predicted octanol–water partition coefficient (Wildman–Crippen LogP) is 1.01. The number of aldehydes is 1. The lowest BCUT2D eigenvalue weighted by Gasteiger charge is -2.11. The summed E-state index contributed by atoms with van der Waals surface area (Å²) in [4.78, 5) is 21.8. The molecule has 0 bridgehead atoms. The van der Waals surface area contributed by atoms with Crippen LogP contribution in [0, 0.1) is 6.92 Å². The molecule has 0 aliphatic heterocycles. The van der Waals surface area contributed by atoms with E-state index in [1.807, 2.05) is 6.92 Å². The van der Waals surface area contributed by atoms with Crippen LogP contribution in [0.3, 0.4) is 0 Å². The van der Waals surface area contributed by atoms with E-state index in [9.17, 15) is 14.7 Å². The van der Waals surface area contributed by atoms with Crippen molar-refractivity contribution in [1.82, 2.24) is 0 Å². The summed E-state index contributed by atoms with van der Waals surface area (Å²) in [6.45, 7) is 1.82. The number of esters is 1. The van der Waals surface area contributed by atoms with Crippen LogP contribution in [0.2, 0.25) is 0 Å². The fourth-order valence-electron chi connectivity index (χ4n) is 1.28. The third kappa shape index (κ3) is 2.41. The molecule has 0 radical (unpaired) electrons. The van der Waals surface area contributed by atoms with Crippen LogP contribution < -0.4 is 0 Å². The Morgan fingerprint density at radius 1 is 1.53 bits per heavy atom. The second-order valence-electron chi connectivity index (χ2n) is 3.18. The van der Waals surface area contributed by atoms with Gasteiger partial charge in [0, 0.05) is 11.1 Å². The van der Waals surface area contributed by atoms with E-state index in [1.54, 1.807) is 18.2 Å². The van der Waals surface area contributed by atoms with Gasteiger partial charge in [0.1, 0.15) is 6.29 Å². The summed E-state index contributed by atoms with van der Waals surface area (Å²) in [5, 5.41) is 9.56. The van der Waals surface area contributed by atoms with Gasteiger partial charge >= 0.3 is 5.97 Å². The molecular weight excluding hydrogens is 196 g/mol. The van der Waals surface area contributed by atoms with Crippen molar-refractivity contribution in [2.45, 2.75) is 13.0 Å². The first-order valence-electron chi connectivity index (χ1n) is 4.41. The van der Waals surface area contributed by atoms with Crippen LogP contribution in [0.4, 0.5) is 0 Å². The van der Waals surface area contributed by atoms with Gasteiger partial charge in [0.15, 0.2) is 6.10 Å². The number of methoxy groups -OCH3 is 1. The molecule has 0 saturated heterocycles. The second kappa shape index (κ2) is 4.70. The Morgan fingerprint density at radius 2 is 2.20 bits per heavy atom. The van der Waals surface area contributed by atoms with Crippen LogP contribution in [-0.4, -0.2) is 24.5 Å². The van der Waals surface area contributed by atoms with Crippen LogP contribution in [0.5, 0.6) is 0 Å². The highest BCUT2D eigenvalue weighted by Crippen LogP contribution is 2.19. The minimum atomic E-state index is -1.41. The number of rotatable bonds is 3. The normalized spacial score (nSPS) is 11.9. The average Bonchev–Trinajstić information content (AvgIpc) is 2.26. The standard InChI is InChI=1S/C11H12O4/c1-7-3-4-9(8(5-7)6-12)10(13)11(14)15-2/h3-6,10,13H,1-2H3. The number of aryl methyl sites for hydroxylation is 1. The van der Waals surface area contributed by atoms with Crippen molar-refractivity contribution >= 4 is 12.3 Å². The smallest absolute Gasteiger partial charge is 0.339 e. The maximum Gasteiger partial charge on any atom is 0.339 e. The molecule has 0 spiro atoms. The molecule has 1 rings (SSSR count). The van der Waals surface area contributed by atoms with Gasteiger partial charge in [-0.15, -0.1) is 0 Å². The molecule has 4 nitrogen and oxygen atoms in total. The SMILES string of the molecule is COC(=O)C(O)c1ccc(C)cc1C=O. The molecule has 0 amide bonds. The second-order valence-corrected chi connectivity index (χ2v) is 3.18. The van der Waals surface area contributed by atoms with Crippen LogP contribution in [-0.2, 0) is 9.53 Å². The first kappa shape index (κ1) is 11.4. The molecule has 1 N–H and O–H groups in total. The summed E-state index contributed by atoms with van der Waals surface area (Å²) in [6.07, 6.45) is -0.801. The third-order valence-electron chi connectivity index (χ3n) is 2.09. The number of carbonyl (C=O) groups excluding carboxylic acids is 2. The molecule has 4 heteroatoms. The van der Waals surface area contributed by atoms with Crippen LogP contribution in [0.25, 0.3) is 0 Å². The van der Waals surface area contributed by atoms with Gasteiger partial charge < -0.3 is 9.84 Å². The average molecular weight is 208 g/mol. The maximum atomic E-state index is 11.1. The summed E-state index contributed by atoms with van der Waals surface area (Å²) in [7, 11) is 1.18. The fraction of sp³-hybridized carbons (Fsp3) is 0.273. The Labute approximate surface area is 87.5 Å².